The summed E-state index contributed by atoms with van der Waals surface area (Å²) >= 11 is 0. The van der Waals surface area contributed by atoms with Crippen LogP contribution in [0.25, 0.3) is 0 Å². The Balaban J connectivity index is 2.33. The second-order valence-electron chi connectivity index (χ2n) is 2.06. The average Bonchev–Trinajstić information content (AvgIpc) is 2.50. The molecular formula is C9H11NO. The summed E-state index contributed by atoms with van der Waals surface area (Å²) < 4.78 is 5.01. The molecule has 1 aromatic rings. The first-order valence-corrected chi connectivity index (χ1v) is 3.66. The molecule has 0 amide bonds. The van der Waals surface area contributed by atoms with Gasteiger partial charge < -0.3 is 9.73 Å². The molecule has 0 saturated carbocycles. The number of hydrogen-bond acceptors (Lipinski definition) is 2. The van der Waals surface area contributed by atoms with Crippen LogP contribution in [0.4, 0.5) is 0 Å². The largest absolute Gasteiger partial charge is 0.456 e. The molecule has 1 aromatic heterocycles. The second kappa shape index (κ2) is 4.59. The molecule has 0 aliphatic carbocycles. The van der Waals surface area contributed by atoms with Gasteiger partial charge in [0.05, 0.1) is 12.8 Å². The third-order valence-electron chi connectivity index (χ3n) is 1.20. The van der Waals surface area contributed by atoms with E-state index in [0.717, 1.165) is 18.8 Å². The summed E-state index contributed by atoms with van der Waals surface area (Å²) in [6.07, 6.45) is 1.62. The molecule has 0 spiro atoms. The van der Waals surface area contributed by atoms with E-state index in [-0.39, 0.29) is 0 Å². The fourth-order valence-corrected chi connectivity index (χ4v) is 0.668. The Morgan fingerprint density at radius 2 is 2.55 bits per heavy atom. The zero-order chi connectivity index (χ0) is 7.94. The molecule has 0 radical (unpaired) electrons. The molecule has 1 rings (SSSR count). The monoisotopic (exact) mass is 149 g/mol. The molecule has 0 bridgehead atoms. The lowest BCUT2D eigenvalue weighted by molar-refractivity contribution is 0.554. The number of nitrogens with one attached hydrogen (secondary N) is 1. The van der Waals surface area contributed by atoms with Crippen LogP contribution in [0.15, 0.2) is 22.8 Å². The highest BCUT2D eigenvalue weighted by atomic mass is 16.3. The molecule has 0 atom stereocenters. The molecule has 0 unspecified atom stereocenters. The fourth-order valence-electron chi connectivity index (χ4n) is 0.668. The Kier molecular flexibility index (Phi) is 3.30. The van der Waals surface area contributed by atoms with Gasteiger partial charge in [-0.2, -0.15) is 0 Å². The summed E-state index contributed by atoms with van der Waals surface area (Å²) in [5.74, 6) is 6.54. The first-order valence-electron chi connectivity index (χ1n) is 3.66. The summed E-state index contributed by atoms with van der Waals surface area (Å²) in [6, 6.07) is 3.68. The Hall–Kier alpha value is -1.20. The summed E-state index contributed by atoms with van der Waals surface area (Å²) in [7, 11) is 0. The van der Waals surface area contributed by atoms with Crippen molar-refractivity contribution in [3.63, 3.8) is 0 Å². The maximum Gasteiger partial charge on any atom is 0.176 e. The first-order chi connectivity index (χ1) is 5.43. The van der Waals surface area contributed by atoms with E-state index in [1.807, 2.05) is 12.1 Å². The first kappa shape index (κ1) is 7.90. The number of rotatable bonds is 2. The van der Waals surface area contributed by atoms with Crippen molar-refractivity contribution in [2.75, 3.05) is 13.1 Å². The highest BCUT2D eigenvalue weighted by Gasteiger charge is 1.83. The normalized spacial score (nSPS) is 8.82. The highest BCUT2D eigenvalue weighted by molar-refractivity contribution is 5.24. The van der Waals surface area contributed by atoms with Crippen LogP contribution in [-0.4, -0.2) is 13.1 Å². The van der Waals surface area contributed by atoms with Crippen LogP contribution in [-0.2, 0) is 0 Å². The molecule has 0 saturated heterocycles. The van der Waals surface area contributed by atoms with E-state index in [4.69, 9.17) is 4.42 Å². The van der Waals surface area contributed by atoms with Crippen molar-refractivity contribution < 1.29 is 4.42 Å². The van der Waals surface area contributed by atoms with Gasteiger partial charge in [0.1, 0.15) is 0 Å². The van der Waals surface area contributed by atoms with E-state index in [9.17, 15) is 0 Å². The molecule has 0 aromatic carbocycles. The predicted molar refractivity (Wildman–Crippen MR) is 44.1 cm³/mol. The minimum atomic E-state index is 0.719. The van der Waals surface area contributed by atoms with Crippen LogP contribution in [0, 0.1) is 11.8 Å². The van der Waals surface area contributed by atoms with Crippen molar-refractivity contribution in [1.29, 1.82) is 0 Å². The Morgan fingerprint density at radius 3 is 3.18 bits per heavy atom. The van der Waals surface area contributed by atoms with E-state index < -0.39 is 0 Å². The summed E-state index contributed by atoms with van der Waals surface area (Å²) in [5, 5.41) is 3.10. The zero-order valence-electron chi connectivity index (χ0n) is 6.55. The zero-order valence-corrected chi connectivity index (χ0v) is 6.55. The summed E-state index contributed by atoms with van der Waals surface area (Å²) in [5.41, 5.74) is 0. The van der Waals surface area contributed by atoms with E-state index in [1.54, 1.807) is 6.26 Å². The van der Waals surface area contributed by atoms with Gasteiger partial charge in [-0.05, 0) is 24.6 Å². The van der Waals surface area contributed by atoms with E-state index in [2.05, 4.69) is 24.1 Å². The minimum absolute atomic E-state index is 0.719. The SMILES string of the molecule is CCNCC#Cc1ccco1. The van der Waals surface area contributed by atoms with Gasteiger partial charge >= 0.3 is 0 Å². The highest BCUT2D eigenvalue weighted by Crippen LogP contribution is 1.95. The Morgan fingerprint density at radius 1 is 1.64 bits per heavy atom. The molecule has 0 aliphatic rings. The number of hydrogen-bond donors (Lipinski definition) is 1. The molecule has 1 heterocycles. The maximum atomic E-state index is 5.01. The van der Waals surface area contributed by atoms with Crippen molar-refractivity contribution in [1.82, 2.24) is 5.32 Å². The maximum absolute atomic E-state index is 5.01. The van der Waals surface area contributed by atoms with Crippen LogP contribution >= 0.6 is 0 Å². The Bertz CT molecular complexity index is 240. The van der Waals surface area contributed by atoms with Gasteiger partial charge in [-0.1, -0.05) is 12.8 Å². The second-order valence-corrected chi connectivity index (χ2v) is 2.06. The fraction of sp³-hybridized carbons (Fsp3) is 0.333. The molecule has 0 fully saturated rings. The van der Waals surface area contributed by atoms with E-state index in [0.29, 0.717) is 0 Å². The van der Waals surface area contributed by atoms with Crippen LogP contribution in [0.1, 0.15) is 12.7 Å². The molecule has 1 N–H and O–H groups in total. The van der Waals surface area contributed by atoms with Crippen molar-refractivity contribution >= 4 is 0 Å². The quantitative estimate of drug-likeness (QED) is 0.505. The smallest absolute Gasteiger partial charge is 0.176 e. The van der Waals surface area contributed by atoms with Gasteiger partial charge in [0.2, 0.25) is 0 Å². The van der Waals surface area contributed by atoms with Gasteiger partial charge in [0.25, 0.3) is 0 Å². The van der Waals surface area contributed by atoms with Crippen molar-refractivity contribution in [2.24, 2.45) is 0 Å². The van der Waals surface area contributed by atoms with Gasteiger partial charge in [-0.3, -0.25) is 0 Å². The van der Waals surface area contributed by atoms with Crippen LogP contribution < -0.4 is 5.32 Å². The molecule has 2 heteroatoms. The van der Waals surface area contributed by atoms with Crippen LogP contribution in [0.3, 0.4) is 0 Å². The van der Waals surface area contributed by atoms with Gasteiger partial charge in [0, 0.05) is 0 Å². The van der Waals surface area contributed by atoms with E-state index in [1.165, 1.54) is 0 Å². The molecule has 58 valence electrons. The lowest BCUT2D eigenvalue weighted by Gasteiger charge is -1.87. The third kappa shape index (κ3) is 2.92. The molecular weight excluding hydrogens is 138 g/mol. The van der Waals surface area contributed by atoms with Gasteiger partial charge in [-0.15, -0.1) is 0 Å². The van der Waals surface area contributed by atoms with Crippen molar-refractivity contribution in [2.45, 2.75) is 6.92 Å². The van der Waals surface area contributed by atoms with Gasteiger partial charge in [0.15, 0.2) is 5.76 Å². The Labute approximate surface area is 66.6 Å². The number of furan rings is 1. The van der Waals surface area contributed by atoms with Crippen molar-refractivity contribution in [3.05, 3.63) is 24.2 Å². The van der Waals surface area contributed by atoms with Crippen LogP contribution in [0.5, 0.6) is 0 Å². The predicted octanol–water partition coefficient (Wildman–Crippen LogP) is 1.24. The molecule has 2 nitrogen and oxygen atoms in total. The summed E-state index contributed by atoms with van der Waals surface area (Å²) in [6.45, 7) is 3.72. The minimum Gasteiger partial charge on any atom is -0.456 e. The van der Waals surface area contributed by atoms with Gasteiger partial charge in [-0.25, -0.2) is 0 Å². The molecule has 11 heavy (non-hydrogen) atoms. The van der Waals surface area contributed by atoms with Crippen molar-refractivity contribution in [3.8, 4) is 11.8 Å². The average molecular weight is 149 g/mol. The topological polar surface area (TPSA) is 25.2 Å². The lowest BCUT2D eigenvalue weighted by Crippen LogP contribution is -2.11. The standard InChI is InChI=1S/C9H11NO/c1-2-10-7-3-5-9-6-4-8-11-9/h4,6,8,10H,2,7H2,1H3. The van der Waals surface area contributed by atoms with E-state index >= 15 is 0 Å². The van der Waals surface area contributed by atoms with Crippen LogP contribution in [0.2, 0.25) is 0 Å². The lowest BCUT2D eigenvalue weighted by atomic mass is 10.4. The molecule has 0 aliphatic heterocycles. The summed E-state index contributed by atoms with van der Waals surface area (Å²) in [4.78, 5) is 0. The third-order valence-corrected chi connectivity index (χ3v) is 1.20.